The second-order valence-corrected chi connectivity index (χ2v) is 4.41. The Bertz CT molecular complexity index is 502. The molecule has 0 radical (unpaired) electrons. The smallest absolute Gasteiger partial charge is 0.164 e. The molecule has 102 valence electrons. The maximum atomic E-state index is 5.69. The number of hydrogen-bond acceptors (Lipinski definition) is 4. The third-order valence-electron chi connectivity index (χ3n) is 3.21. The molecule has 0 saturated carbocycles. The van der Waals surface area contributed by atoms with E-state index in [2.05, 4.69) is 34.5 Å². The first-order chi connectivity index (χ1) is 9.24. The average Bonchev–Trinajstić information content (AvgIpc) is 2.85. The minimum absolute atomic E-state index is 0.396. The van der Waals surface area contributed by atoms with Crippen LogP contribution in [0.15, 0.2) is 30.6 Å². The standard InChI is InChI=1S/C14H20N4O/c1-4-13(15-2)11-5-7-12(8-6-11)19-9-14-16-10-17-18(14)3/h5-8,10,13,15H,4,9H2,1-3H3. The summed E-state index contributed by atoms with van der Waals surface area (Å²) < 4.78 is 7.40. The molecule has 0 aliphatic heterocycles. The topological polar surface area (TPSA) is 52.0 Å². The van der Waals surface area contributed by atoms with Crippen molar-refractivity contribution in [2.24, 2.45) is 7.05 Å². The highest BCUT2D eigenvalue weighted by molar-refractivity contribution is 5.29. The van der Waals surface area contributed by atoms with E-state index in [1.54, 1.807) is 4.68 Å². The monoisotopic (exact) mass is 260 g/mol. The van der Waals surface area contributed by atoms with Gasteiger partial charge in [0.1, 0.15) is 18.7 Å². The largest absolute Gasteiger partial charge is 0.486 e. The first-order valence-corrected chi connectivity index (χ1v) is 6.47. The fraction of sp³-hybridized carbons (Fsp3) is 0.429. The number of benzene rings is 1. The molecule has 0 saturated heterocycles. The summed E-state index contributed by atoms with van der Waals surface area (Å²) in [6, 6.07) is 8.57. The minimum Gasteiger partial charge on any atom is -0.486 e. The predicted molar refractivity (Wildman–Crippen MR) is 73.9 cm³/mol. The van der Waals surface area contributed by atoms with Crippen LogP contribution in [-0.2, 0) is 13.7 Å². The predicted octanol–water partition coefficient (Wildman–Crippen LogP) is 2.06. The van der Waals surface area contributed by atoms with Crippen molar-refractivity contribution in [1.82, 2.24) is 20.1 Å². The lowest BCUT2D eigenvalue weighted by molar-refractivity contribution is 0.289. The Morgan fingerprint density at radius 2 is 2.05 bits per heavy atom. The van der Waals surface area contributed by atoms with Gasteiger partial charge in [0.2, 0.25) is 0 Å². The van der Waals surface area contributed by atoms with E-state index in [-0.39, 0.29) is 0 Å². The van der Waals surface area contributed by atoms with Crippen molar-refractivity contribution in [3.05, 3.63) is 42.0 Å². The van der Waals surface area contributed by atoms with Gasteiger partial charge in [-0.25, -0.2) is 4.98 Å². The van der Waals surface area contributed by atoms with Gasteiger partial charge in [0.05, 0.1) is 0 Å². The summed E-state index contributed by atoms with van der Waals surface area (Å²) in [5.74, 6) is 1.66. The van der Waals surface area contributed by atoms with E-state index in [1.165, 1.54) is 11.9 Å². The van der Waals surface area contributed by atoms with Crippen molar-refractivity contribution in [3.63, 3.8) is 0 Å². The summed E-state index contributed by atoms with van der Waals surface area (Å²) >= 11 is 0. The number of aryl methyl sites for hydroxylation is 1. The molecule has 0 spiro atoms. The van der Waals surface area contributed by atoms with E-state index in [4.69, 9.17) is 4.74 Å². The Hall–Kier alpha value is -1.88. The summed E-state index contributed by atoms with van der Waals surface area (Å²) in [7, 11) is 3.83. The lowest BCUT2D eigenvalue weighted by Gasteiger charge is -2.14. The van der Waals surface area contributed by atoms with Crippen LogP contribution in [0.25, 0.3) is 0 Å². The lowest BCUT2D eigenvalue weighted by atomic mass is 10.1. The molecule has 1 unspecified atom stereocenters. The van der Waals surface area contributed by atoms with Gasteiger partial charge < -0.3 is 10.1 Å². The Balaban J connectivity index is 1.97. The Kier molecular flexibility index (Phi) is 4.52. The molecule has 1 aromatic heterocycles. The SMILES string of the molecule is CCC(NC)c1ccc(OCc2ncnn2C)cc1. The van der Waals surface area contributed by atoms with Gasteiger partial charge in [-0.2, -0.15) is 5.10 Å². The van der Waals surface area contributed by atoms with Crippen LogP contribution >= 0.6 is 0 Å². The molecule has 2 aromatic rings. The summed E-state index contributed by atoms with van der Waals surface area (Å²) in [4.78, 5) is 4.12. The summed E-state index contributed by atoms with van der Waals surface area (Å²) in [6.07, 6.45) is 2.59. The Labute approximate surface area is 113 Å². The Morgan fingerprint density at radius 1 is 1.32 bits per heavy atom. The molecular weight excluding hydrogens is 240 g/mol. The molecule has 1 aromatic carbocycles. The normalized spacial score (nSPS) is 12.4. The summed E-state index contributed by atoms with van der Waals surface area (Å²) in [6.45, 7) is 2.60. The van der Waals surface area contributed by atoms with Crippen LogP contribution in [0, 0.1) is 0 Å². The first-order valence-electron chi connectivity index (χ1n) is 6.47. The zero-order valence-corrected chi connectivity index (χ0v) is 11.6. The summed E-state index contributed by atoms with van der Waals surface area (Å²) in [5, 5.41) is 7.29. The number of nitrogens with zero attached hydrogens (tertiary/aromatic N) is 3. The van der Waals surface area contributed by atoms with E-state index >= 15 is 0 Å². The molecule has 1 N–H and O–H groups in total. The van der Waals surface area contributed by atoms with Crippen molar-refractivity contribution in [2.75, 3.05) is 7.05 Å². The molecule has 0 aliphatic carbocycles. The van der Waals surface area contributed by atoms with Gasteiger partial charge in [-0.3, -0.25) is 4.68 Å². The van der Waals surface area contributed by atoms with Crippen LogP contribution in [-0.4, -0.2) is 21.8 Å². The lowest BCUT2D eigenvalue weighted by Crippen LogP contribution is -2.14. The molecule has 19 heavy (non-hydrogen) atoms. The number of hydrogen-bond donors (Lipinski definition) is 1. The van der Waals surface area contributed by atoms with Gasteiger partial charge in [-0.05, 0) is 31.2 Å². The maximum Gasteiger partial charge on any atom is 0.164 e. The highest BCUT2D eigenvalue weighted by Gasteiger charge is 2.06. The van der Waals surface area contributed by atoms with Gasteiger partial charge in [0, 0.05) is 13.1 Å². The maximum absolute atomic E-state index is 5.69. The molecule has 0 bridgehead atoms. The van der Waals surface area contributed by atoms with E-state index in [9.17, 15) is 0 Å². The first kappa shape index (κ1) is 13.5. The zero-order valence-electron chi connectivity index (χ0n) is 11.6. The van der Waals surface area contributed by atoms with Crippen LogP contribution in [0.5, 0.6) is 5.75 Å². The average molecular weight is 260 g/mol. The van der Waals surface area contributed by atoms with Gasteiger partial charge in [0.25, 0.3) is 0 Å². The van der Waals surface area contributed by atoms with E-state index in [0.29, 0.717) is 12.6 Å². The van der Waals surface area contributed by atoms with Crippen molar-refractivity contribution in [2.45, 2.75) is 26.0 Å². The van der Waals surface area contributed by atoms with Crippen LogP contribution in [0.3, 0.4) is 0 Å². The second-order valence-electron chi connectivity index (χ2n) is 4.41. The van der Waals surface area contributed by atoms with Gasteiger partial charge in [-0.15, -0.1) is 0 Å². The number of ether oxygens (including phenoxy) is 1. The molecule has 0 amide bonds. The number of rotatable bonds is 6. The van der Waals surface area contributed by atoms with Crippen molar-refractivity contribution in [1.29, 1.82) is 0 Å². The molecule has 0 fully saturated rings. The molecule has 0 aliphatic rings. The van der Waals surface area contributed by atoms with Crippen molar-refractivity contribution in [3.8, 4) is 5.75 Å². The second kappa shape index (κ2) is 6.33. The van der Waals surface area contributed by atoms with Crippen molar-refractivity contribution < 1.29 is 4.74 Å². The molecular formula is C14H20N4O. The molecule has 5 nitrogen and oxygen atoms in total. The van der Waals surface area contributed by atoms with Gasteiger partial charge in [-0.1, -0.05) is 19.1 Å². The molecule has 2 rings (SSSR count). The molecule has 1 atom stereocenters. The van der Waals surface area contributed by atoms with E-state index in [1.807, 2.05) is 26.2 Å². The van der Waals surface area contributed by atoms with E-state index in [0.717, 1.165) is 18.0 Å². The Morgan fingerprint density at radius 3 is 2.58 bits per heavy atom. The third kappa shape index (κ3) is 3.32. The minimum atomic E-state index is 0.396. The van der Waals surface area contributed by atoms with E-state index < -0.39 is 0 Å². The third-order valence-corrected chi connectivity index (χ3v) is 3.21. The zero-order chi connectivity index (χ0) is 13.7. The highest BCUT2D eigenvalue weighted by Crippen LogP contribution is 2.20. The van der Waals surface area contributed by atoms with Gasteiger partial charge in [0.15, 0.2) is 5.82 Å². The van der Waals surface area contributed by atoms with Gasteiger partial charge >= 0.3 is 0 Å². The molecule has 5 heteroatoms. The van der Waals surface area contributed by atoms with Crippen molar-refractivity contribution >= 4 is 0 Å². The highest BCUT2D eigenvalue weighted by atomic mass is 16.5. The van der Waals surface area contributed by atoms with Crippen LogP contribution in [0.4, 0.5) is 0 Å². The number of aromatic nitrogens is 3. The van der Waals surface area contributed by atoms with Crippen LogP contribution in [0.1, 0.15) is 30.8 Å². The fourth-order valence-corrected chi connectivity index (χ4v) is 2.00. The quantitative estimate of drug-likeness (QED) is 0.864. The fourth-order valence-electron chi connectivity index (χ4n) is 2.00. The molecule has 1 heterocycles. The van der Waals surface area contributed by atoms with Crippen LogP contribution in [0.2, 0.25) is 0 Å². The summed E-state index contributed by atoms with van der Waals surface area (Å²) in [5.41, 5.74) is 1.27. The number of nitrogens with one attached hydrogen (secondary N) is 1. The van der Waals surface area contributed by atoms with Crippen LogP contribution < -0.4 is 10.1 Å².